The zero-order chi connectivity index (χ0) is 20.4. The summed E-state index contributed by atoms with van der Waals surface area (Å²) in [5.41, 5.74) is 4.40. The summed E-state index contributed by atoms with van der Waals surface area (Å²) >= 11 is 1.81. The van der Waals surface area contributed by atoms with E-state index < -0.39 is 0 Å². The Kier molecular flexibility index (Phi) is 3.86. The molecule has 0 radical (unpaired) electrons. The van der Waals surface area contributed by atoms with E-state index in [9.17, 15) is 0 Å². The molecule has 1 unspecified atom stereocenters. The Morgan fingerprint density at radius 2 is 2.13 bits per heavy atom. The Balaban J connectivity index is 1.40. The van der Waals surface area contributed by atoms with Gasteiger partial charge < -0.3 is 4.42 Å². The highest BCUT2D eigenvalue weighted by atomic mass is 32.1. The zero-order valence-electron chi connectivity index (χ0n) is 17.2. The Morgan fingerprint density at radius 1 is 1.23 bits per heavy atom. The maximum Gasteiger partial charge on any atom is 0.217 e. The van der Waals surface area contributed by atoms with Gasteiger partial charge in [0, 0.05) is 10.6 Å². The minimum absolute atomic E-state index is 0.591. The Labute approximate surface area is 177 Å². The molecule has 5 heterocycles. The molecular formula is C22H22N6OS. The van der Waals surface area contributed by atoms with Gasteiger partial charge in [-0.05, 0) is 62.8 Å². The maximum atomic E-state index is 6.07. The minimum Gasteiger partial charge on any atom is -0.456 e. The van der Waals surface area contributed by atoms with Crippen molar-refractivity contribution in [3.05, 3.63) is 52.1 Å². The SMILES string of the molecule is Cc1cc(C)n(Cc2ccc(-c3nc4c5c6c(sc5ncn4n3)CC(C)CC6)o2)n1. The summed E-state index contributed by atoms with van der Waals surface area (Å²) in [5.74, 6) is 2.83. The Hall–Kier alpha value is -3.00. The highest BCUT2D eigenvalue weighted by Gasteiger charge is 2.24. The first-order valence-corrected chi connectivity index (χ1v) is 11.1. The van der Waals surface area contributed by atoms with Gasteiger partial charge in [0.05, 0.1) is 17.6 Å². The van der Waals surface area contributed by atoms with Gasteiger partial charge in [0.15, 0.2) is 11.4 Å². The molecule has 0 spiro atoms. The monoisotopic (exact) mass is 418 g/mol. The van der Waals surface area contributed by atoms with Crippen molar-refractivity contribution in [1.29, 1.82) is 0 Å². The number of hydrogen-bond acceptors (Lipinski definition) is 6. The van der Waals surface area contributed by atoms with Gasteiger partial charge >= 0.3 is 0 Å². The van der Waals surface area contributed by atoms with Crippen LogP contribution in [0.2, 0.25) is 0 Å². The molecule has 0 N–H and O–H groups in total. The van der Waals surface area contributed by atoms with Crippen LogP contribution in [0.25, 0.3) is 27.4 Å². The molecule has 0 saturated heterocycles. The lowest BCUT2D eigenvalue weighted by molar-refractivity contribution is 0.483. The fourth-order valence-corrected chi connectivity index (χ4v) is 5.75. The molecule has 0 fully saturated rings. The maximum absolute atomic E-state index is 6.07. The van der Waals surface area contributed by atoms with Crippen LogP contribution in [0.1, 0.15) is 40.9 Å². The number of hydrogen-bond donors (Lipinski definition) is 0. The summed E-state index contributed by atoms with van der Waals surface area (Å²) < 4.78 is 9.80. The first kappa shape index (κ1) is 17.8. The molecule has 0 saturated carbocycles. The molecule has 5 aromatic heterocycles. The van der Waals surface area contributed by atoms with Gasteiger partial charge in [0.1, 0.15) is 16.9 Å². The third-order valence-electron chi connectivity index (χ3n) is 5.92. The number of furan rings is 1. The number of rotatable bonds is 3. The third-order valence-corrected chi connectivity index (χ3v) is 7.09. The van der Waals surface area contributed by atoms with Crippen LogP contribution in [-0.2, 0) is 19.4 Å². The first-order chi connectivity index (χ1) is 14.5. The van der Waals surface area contributed by atoms with Crippen LogP contribution < -0.4 is 0 Å². The van der Waals surface area contributed by atoms with Crippen molar-refractivity contribution in [2.45, 2.75) is 46.6 Å². The molecule has 30 heavy (non-hydrogen) atoms. The van der Waals surface area contributed by atoms with Crippen LogP contribution in [0.5, 0.6) is 0 Å². The van der Waals surface area contributed by atoms with Gasteiger partial charge in [0.25, 0.3) is 0 Å². The van der Waals surface area contributed by atoms with Crippen LogP contribution >= 0.6 is 11.3 Å². The van der Waals surface area contributed by atoms with Crippen molar-refractivity contribution in [1.82, 2.24) is 29.4 Å². The van der Waals surface area contributed by atoms with Crippen molar-refractivity contribution in [2.75, 3.05) is 0 Å². The van der Waals surface area contributed by atoms with Gasteiger partial charge in [-0.2, -0.15) is 5.10 Å². The molecular weight excluding hydrogens is 396 g/mol. The van der Waals surface area contributed by atoms with E-state index in [0.29, 0.717) is 18.1 Å². The molecule has 0 amide bonds. The highest BCUT2D eigenvalue weighted by molar-refractivity contribution is 7.19. The molecule has 152 valence electrons. The smallest absolute Gasteiger partial charge is 0.217 e. The second-order valence-corrected chi connectivity index (χ2v) is 9.41. The topological polar surface area (TPSA) is 74.0 Å². The quantitative estimate of drug-likeness (QED) is 0.429. The molecule has 8 heteroatoms. The number of thiophene rings is 1. The van der Waals surface area contributed by atoms with Crippen LogP contribution in [0, 0.1) is 19.8 Å². The lowest BCUT2D eigenvalue weighted by Crippen LogP contribution is -2.08. The second kappa shape index (κ2) is 6.50. The van der Waals surface area contributed by atoms with Crippen LogP contribution in [-0.4, -0.2) is 29.4 Å². The van der Waals surface area contributed by atoms with E-state index in [0.717, 1.165) is 51.8 Å². The molecule has 7 nitrogen and oxygen atoms in total. The van der Waals surface area contributed by atoms with E-state index in [2.05, 4.69) is 28.2 Å². The zero-order valence-corrected chi connectivity index (χ0v) is 18.0. The van der Waals surface area contributed by atoms with E-state index in [-0.39, 0.29) is 0 Å². The predicted molar refractivity (Wildman–Crippen MR) is 116 cm³/mol. The van der Waals surface area contributed by atoms with Gasteiger partial charge in [0.2, 0.25) is 5.82 Å². The summed E-state index contributed by atoms with van der Waals surface area (Å²) in [4.78, 5) is 12.0. The summed E-state index contributed by atoms with van der Waals surface area (Å²) in [6.45, 7) is 6.96. The average molecular weight is 419 g/mol. The van der Waals surface area contributed by atoms with Gasteiger partial charge in [-0.1, -0.05) is 6.92 Å². The number of aryl methyl sites for hydroxylation is 3. The third kappa shape index (κ3) is 2.78. The lowest BCUT2D eigenvalue weighted by Gasteiger charge is -2.17. The van der Waals surface area contributed by atoms with E-state index in [1.54, 1.807) is 22.2 Å². The van der Waals surface area contributed by atoms with E-state index in [1.807, 2.05) is 30.7 Å². The summed E-state index contributed by atoms with van der Waals surface area (Å²) in [6.07, 6.45) is 5.21. The van der Waals surface area contributed by atoms with E-state index >= 15 is 0 Å². The molecule has 0 aromatic carbocycles. The summed E-state index contributed by atoms with van der Waals surface area (Å²) in [6, 6.07) is 5.97. The van der Waals surface area contributed by atoms with Gasteiger partial charge in [-0.25, -0.2) is 14.5 Å². The molecule has 0 aliphatic heterocycles. The first-order valence-electron chi connectivity index (χ1n) is 10.3. The average Bonchev–Trinajstić information content (AvgIpc) is 3.46. The molecule has 0 bridgehead atoms. The van der Waals surface area contributed by atoms with Crippen LogP contribution in [0.4, 0.5) is 0 Å². The molecule has 6 rings (SSSR count). The standard InChI is InChI=1S/C22H22N6OS/c1-12-4-6-16-18(8-12)30-22-19(16)21-24-20(26-28(21)11-23-22)17-7-5-15(29-17)10-27-14(3)9-13(2)25-27/h5,7,9,11-12H,4,6,8,10H2,1-3H3. The molecule has 1 aliphatic carbocycles. The summed E-state index contributed by atoms with van der Waals surface area (Å²) in [5, 5.41) is 10.3. The number of fused-ring (bicyclic) bond motifs is 5. The minimum atomic E-state index is 0.591. The van der Waals surface area contributed by atoms with Crippen molar-refractivity contribution >= 4 is 27.2 Å². The van der Waals surface area contributed by atoms with Crippen molar-refractivity contribution in [2.24, 2.45) is 5.92 Å². The largest absolute Gasteiger partial charge is 0.456 e. The van der Waals surface area contributed by atoms with E-state index in [4.69, 9.17) is 9.40 Å². The normalized spacial score (nSPS) is 16.6. The predicted octanol–water partition coefficient (Wildman–Crippen LogP) is 4.59. The van der Waals surface area contributed by atoms with Crippen molar-refractivity contribution < 1.29 is 4.42 Å². The van der Waals surface area contributed by atoms with Gasteiger partial charge in [-0.3, -0.25) is 4.68 Å². The Bertz CT molecular complexity index is 1400. The fourth-order valence-electron chi connectivity index (χ4n) is 4.41. The van der Waals surface area contributed by atoms with E-state index in [1.165, 1.54) is 16.9 Å². The van der Waals surface area contributed by atoms with Crippen molar-refractivity contribution in [3.63, 3.8) is 0 Å². The molecule has 1 aliphatic rings. The lowest BCUT2D eigenvalue weighted by atomic mass is 9.89. The van der Waals surface area contributed by atoms with Gasteiger partial charge in [-0.15, -0.1) is 16.4 Å². The second-order valence-electron chi connectivity index (χ2n) is 8.33. The molecule has 5 aromatic rings. The number of aromatic nitrogens is 6. The Morgan fingerprint density at radius 3 is 2.97 bits per heavy atom. The molecule has 1 atom stereocenters. The number of nitrogens with zero attached hydrogens (tertiary/aromatic N) is 6. The van der Waals surface area contributed by atoms with Crippen LogP contribution in [0.15, 0.2) is 28.9 Å². The van der Waals surface area contributed by atoms with Crippen LogP contribution in [0.3, 0.4) is 0 Å². The fraction of sp³-hybridized carbons (Fsp3) is 0.364. The highest BCUT2D eigenvalue weighted by Crippen LogP contribution is 2.38. The van der Waals surface area contributed by atoms with Crippen molar-refractivity contribution in [3.8, 4) is 11.6 Å². The summed E-state index contributed by atoms with van der Waals surface area (Å²) in [7, 11) is 0.